The minimum absolute atomic E-state index is 0.0759. The van der Waals surface area contributed by atoms with E-state index in [-0.39, 0.29) is 19.1 Å². The second-order valence-electron chi connectivity index (χ2n) is 20.7. The van der Waals surface area contributed by atoms with E-state index in [0.717, 1.165) is 44.9 Å². The fraction of sp³-hybridized carbons (Fsp3) is 0.911. The Bertz CT molecular complexity index is 1110. The van der Waals surface area contributed by atoms with E-state index in [1.807, 2.05) is 21.1 Å². The van der Waals surface area contributed by atoms with Crippen LogP contribution in [-0.4, -0.2) is 73.4 Å². The molecule has 386 valence electrons. The third kappa shape index (κ3) is 50.7. The zero-order valence-corrected chi connectivity index (χ0v) is 44.9. The summed E-state index contributed by atoms with van der Waals surface area (Å²) >= 11 is 0. The van der Waals surface area contributed by atoms with Crippen LogP contribution in [-0.2, 0) is 18.4 Å². The van der Waals surface area contributed by atoms with Crippen LogP contribution < -0.4 is 5.32 Å². The molecule has 3 unspecified atom stereocenters. The van der Waals surface area contributed by atoms with E-state index in [4.69, 9.17) is 9.05 Å². The highest BCUT2D eigenvalue weighted by Crippen LogP contribution is 2.43. The number of aliphatic hydroxyl groups excluding tert-OH is 1. The molecule has 0 aromatic rings. The quantitative estimate of drug-likeness (QED) is 0.0243. The van der Waals surface area contributed by atoms with E-state index in [1.54, 1.807) is 0 Å². The molecule has 0 aliphatic rings. The number of likely N-dealkylation sites (N-methyl/N-ethyl adjacent to an activating group) is 1. The number of carbonyl (C=O) groups excluding carboxylic acids is 1. The lowest BCUT2D eigenvalue weighted by molar-refractivity contribution is -0.870. The van der Waals surface area contributed by atoms with Crippen LogP contribution in [0.25, 0.3) is 0 Å². The lowest BCUT2D eigenvalue weighted by Crippen LogP contribution is -2.46. The second kappa shape index (κ2) is 48.0. The van der Waals surface area contributed by atoms with Crippen molar-refractivity contribution >= 4 is 13.7 Å². The van der Waals surface area contributed by atoms with E-state index in [2.05, 4.69) is 43.5 Å². The van der Waals surface area contributed by atoms with Crippen LogP contribution in [0, 0.1) is 0 Å². The minimum atomic E-state index is -4.32. The summed E-state index contributed by atoms with van der Waals surface area (Å²) < 4.78 is 23.7. The Labute approximate surface area is 404 Å². The number of carbonyl (C=O) groups is 1. The molecule has 0 aliphatic heterocycles. The van der Waals surface area contributed by atoms with Crippen LogP contribution in [0.15, 0.2) is 24.3 Å². The van der Waals surface area contributed by atoms with Gasteiger partial charge in [-0.15, -0.1) is 0 Å². The highest BCUT2D eigenvalue weighted by molar-refractivity contribution is 7.47. The zero-order chi connectivity index (χ0) is 47.8. The van der Waals surface area contributed by atoms with Gasteiger partial charge in [0.25, 0.3) is 0 Å². The Kier molecular flexibility index (Phi) is 47.3. The van der Waals surface area contributed by atoms with Crippen molar-refractivity contribution in [3.63, 3.8) is 0 Å². The number of hydrogen-bond acceptors (Lipinski definition) is 5. The number of hydrogen-bond donors (Lipinski definition) is 3. The smallest absolute Gasteiger partial charge is 0.391 e. The number of allylic oxidation sites excluding steroid dienone is 4. The van der Waals surface area contributed by atoms with Crippen molar-refractivity contribution in [3.8, 4) is 0 Å². The van der Waals surface area contributed by atoms with Gasteiger partial charge in [0.05, 0.1) is 39.9 Å². The first-order valence-electron chi connectivity index (χ1n) is 28.2. The third-order valence-corrected chi connectivity index (χ3v) is 13.9. The number of rotatable bonds is 52. The SMILES string of the molecule is CCCCCCCCCCC/C=C\C/C=C\CCCCCCCCCCCCCCCC(=O)NC(COP(=O)(O)OCC[N+](C)(C)C)C(O)CCCCCCCCCCCCCCCC. The molecule has 0 aliphatic carbocycles. The van der Waals surface area contributed by atoms with Crippen molar-refractivity contribution in [2.75, 3.05) is 40.9 Å². The predicted octanol–water partition coefficient (Wildman–Crippen LogP) is 16.8. The topological polar surface area (TPSA) is 105 Å². The Morgan fingerprint density at radius 1 is 0.523 bits per heavy atom. The first kappa shape index (κ1) is 64.0. The van der Waals surface area contributed by atoms with Gasteiger partial charge in [0.15, 0.2) is 0 Å². The van der Waals surface area contributed by atoms with Crippen LogP contribution in [0.5, 0.6) is 0 Å². The third-order valence-electron chi connectivity index (χ3n) is 13.0. The molecule has 0 rings (SSSR count). The average molecular weight is 940 g/mol. The summed E-state index contributed by atoms with van der Waals surface area (Å²) in [5, 5.41) is 14.0. The number of amides is 1. The van der Waals surface area contributed by atoms with Gasteiger partial charge in [0.1, 0.15) is 13.2 Å². The number of unbranched alkanes of at least 4 members (excludes halogenated alkanes) is 35. The first-order valence-corrected chi connectivity index (χ1v) is 29.7. The molecule has 3 atom stereocenters. The maximum absolute atomic E-state index is 13.0. The van der Waals surface area contributed by atoms with Crippen molar-refractivity contribution < 1.29 is 32.9 Å². The number of nitrogens with one attached hydrogen (secondary N) is 1. The van der Waals surface area contributed by atoms with Crippen LogP contribution in [0.1, 0.15) is 277 Å². The summed E-state index contributed by atoms with van der Waals surface area (Å²) in [7, 11) is 1.62. The number of nitrogens with zero attached hydrogens (tertiary/aromatic N) is 1. The van der Waals surface area contributed by atoms with Gasteiger partial charge in [0, 0.05) is 6.42 Å². The van der Waals surface area contributed by atoms with Crippen molar-refractivity contribution in [1.82, 2.24) is 5.32 Å². The van der Waals surface area contributed by atoms with Gasteiger partial charge in [0.2, 0.25) is 5.91 Å². The Morgan fingerprint density at radius 2 is 0.877 bits per heavy atom. The Balaban J connectivity index is 4.07. The molecule has 1 amide bonds. The zero-order valence-electron chi connectivity index (χ0n) is 44.0. The summed E-state index contributed by atoms with van der Waals surface area (Å²) in [5.74, 6) is -0.142. The molecular formula is C56H112N2O6P+. The average Bonchev–Trinajstić information content (AvgIpc) is 3.26. The van der Waals surface area contributed by atoms with Gasteiger partial charge >= 0.3 is 7.82 Å². The minimum Gasteiger partial charge on any atom is -0.391 e. The molecule has 0 saturated heterocycles. The van der Waals surface area contributed by atoms with Gasteiger partial charge in [-0.05, 0) is 44.9 Å². The van der Waals surface area contributed by atoms with E-state index < -0.39 is 20.0 Å². The second-order valence-corrected chi connectivity index (χ2v) is 22.1. The van der Waals surface area contributed by atoms with E-state index in [9.17, 15) is 19.4 Å². The molecule has 0 radical (unpaired) electrons. The summed E-state index contributed by atoms with van der Waals surface area (Å²) in [6.07, 6.45) is 59.5. The van der Waals surface area contributed by atoms with Crippen molar-refractivity contribution in [2.45, 2.75) is 289 Å². The highest BCUT2D eigenvalue weighted by atomic mass is 31.2. The largest absolute Gasteiger partial charge is 0.472 e. The summed E-state index contributed by atoms with van der Waals surface area (Å²) in [4.78, 5) is 23.3. The number of phosphoric ester groups is 1. The molecule has 0 aromatic carbocycles. The normalized spacial score (nSPS) is 14.1. The van der Waals surface area contributed by atoms with Crippen molar-refractivity contribution in [3.05, 3.63) is 24.3 Å². The molecule has 0 spiro atoms. The number of phosphoric acid groups is 1. The Hall–Kier alpha value is -1.02. The molecule has 3 N–H and O–H groups in total. The van der Waals surface area contributed by atoms with Gasteiger partial charge in [-0.2, -0.15) is 0 Å². The van der Waals surface area contributed by atoms with Crippen molar-refractivity contribution in [1.29, 1.82) is 0 Å². The van der Waals surface area contributed by atoms with Gasteiger partial charge in [-0.3, -0.25) is 13.8 Å². The van der Waals surface area contributed by atoms with Gasteiger partial charge in [-0.25, -0.2) is 4.57 Å². The number of aliphatic hydroxyl groups is 1. The van der Waals surface area contributed by atoms with Crippen LogP contribution in [0.3, 0.4) is 0 Å². The fourth-order valence-corrected chi connectivity index (χ4v) is 9.23. The molecule has 0 heterocycles. The summed E-state index contributed by atoms with van der Waals surface area (Å²) in [6, 6.07) is -0.759. The summed E-state index contributed by atoms with van der Waals surface area (Å²) in [5.41, 5.74) is 0. The molecule has 0 aromatic heterocycles. The monoisotopic (exact) mass is 940 g/mol. The maximum Gasteiger partial charge on any atom is 0.472 e. The highest BCUT2D eigenvalue weighted by Gasteiger charge is 2.28. The Morgan fingerprint density at radius 3 is 1.26 bits per heavy atom. The lowest BCUT2D eigenvalue weighted by atomic mass is 10.0. The molecule has 65 heavy (non-hydrogen) atoms. The van der Waals surface area contributed by atoms with E-state index in [0.29, 0.717) is 23.9 Å². The van der Waals surface area contributed by atoms with Gasteiger partial charge < -0.3 is 19.8 Å². The standard InChI is InChI=1S/C56H111N2O6P/c1-6-8-10-12-14-16-18-20-22-23-24-25-26-27-28-29-30-31-32-33-34-35-36-38-40-42-44-46-48-50-56(60)57-54(53-64-65(61,62)63-52-51-58(3,4)5)55(59)49-47-45-43-41-39-37-21-19-17-15-13-11-9-7-2/h24-25,27-28,54-55,59H,6-23,26,29-53H2,1-5H3,(H-,57,60,61,62)/p+1/b25-24-,28-27-. The summed E-state index contributed by atoms with van der Waals surface area (Å²) in [6.45, 7) is 4.91. The lowest BCUT2D eigenvalue weighted by Gasteiger charge is -2.26. The van der Waals surface area contributed by atoms with Crippen LogP contribution >= 0.6 is 7.82 Å². The van der Waals surface area contributed by atoms with Crippen LogP contribution in [0.2, 0.25) is 0 Å². The molecular weight excluding hydrogens is 828 g/mol. The molecule has 0 fully saturated rings. The van der Waals surface area contributed by atoms with Crippen LogP contribution in [0.4, 0.5) is 0 Å². The molecule has 8 nitrogen and oxygen atoms in total. The fourth-order valence-electron chi connectivity index (χ4n) is 8.49. The first-order chi connectivity index (χ1) is 31.5. The molecule has 0 saturated carbocycles. The van der Waals surface area contributed by atoms with Crippen molar-refractivity contribution in [2.24, 2.45) is 0 Å². The number of quaternary nitrogens is 1. The molecule has 9 heteroatoms. The van der Waals surface area contributed by atoms with E-state index in [1.165, 1.54) is 205 Å². The molecule has 0 bridgehead atoms. The predicted molar refractivity (Wildman–Crippen MR) is 281 cm³/mol. The maximum atomic E-state index is 13.0. The van der Waals surface area contributed by atoms with Gasteiger partial charge in [-0.1, -0.05) is 250 Å². The van der Waals surface area contributed by atoms with E-state index >= 15 is 0 Å².